The highest BCUT2D eigenvalue weighted by Crippen LogP contribution is 2.33. The van der Waals surface area contributed by atoms with Crippen LogP contribution in [-0.4, -0.2) is 22.6 Å². The van der Waals surface area contributed by atoms with Gasteiger partial charge in [-0.15, -0.1) is 0 Å². The molecule has 0 aliphatic heterocycles. The molecule has 78 valence electrons. The molecule has 14 heavy (non-hydrogen) atoms. The molecule has 7 heteroatoms. The van der Waals surface area contributed by atoms with Crippen LogP contribution in [0.4, 0.5) is 13.2 Å². The first-order chi connectivity index (χ1) is 6.41. The van der Waals surface area contributed by atoms with E-state index in [2.05, 4.69) is 4.98 Å². The number of hydrogen-bond acceptors (Lipinski definition) is 2. The Hall–Kier alpha value is -1.53. The van der Waals surface area contributed by atoms with Gasteiger partial charge in [0.15, 0.2) is 5.92 Å². The molecule has 0 saturated carbocycles. The third-order valence-electron chi connectivity index (χ3n) is 1.72. The molecule has 4 nitrogen and oxygen atoms in total. The number of alkyl halides is 3. The van der Waals surface area contributed by atoms with E-state index >= 15 is 0 Å². The van der Waals surface area contributed by atoms with Gasteiger partial charge in [-0.1, -0.05) is 0 Å². The molecule has 1 atom stereocenters. The highest BCUT2D eigenvalue weighted by molar-refractivity contribution is 5.12. The van der Waals surface area contributed by atoms with Gasteiger partial charge in [-0.25, -0.2) is 0 Å². The van der Waals surface area contributed by atoms with E-state index in [1.807, 2.05) is 0 Å². The molecule has 0 amide bonds. The maximum Gasteiger partial charge on any atom is 0.403 e. The summed E-state index contributed by atoms with van der Waals surface area (Å²) in [4.78, 5) is 11.4. The zero-order valence-corrected chi connectivity index (χ0v) is 6.91. The number of nitro groups is 1. The minimum atomic E-state index is -4.60. The van der Waals surface area contributed by atoms with E-state index in [-0.39, 0.29) is 5.69 Å². The number of aromatic amines is 1. The van der Waals surface area contributed by atoms with Crippen LogP contribution in [0.2, 0.25) is 0 Å². The van der Waals surface area contributed by atoms with Crippen molar-refractivity contribution in [3.8, 4) is 0 Å². The van der Waals surface area contributed by atoms with Gasteiger partial charge in [0.1, 0.15) is 0 Å². The zero-order valence-electron chi connectivity index (χ0n) is 6.91. The number of halogens is 3. The van der Waals surface area contributed by atoms with Gasteiger partial charge in [0.2, 0.25) is 6.54 Å². The summed E-state index contributed by atoms with van der Waals surface area (Å²) in [7, 11) is 0. The van der Waals surface area contributed by atoms with Crippen LogP contribution >= 0.6 is 0 Å². The molecule has 0 radical (unpaired) electrons. The fourth-order valence-corrected chi connectivity index (χ4v) is 1.09. The average Bonchev–Trinajstić information content (AvgIpc) is 2.49. The van der Waals surface area contributed by atoms with Gasteiger partial charge in [0, 0.05) is 16.8 Å². The van der Waals surface area contributed by atoms with Crippen LogP contribution in [0, 0.1) is 10.1 Å². The smallest absolute Gasteiger partial charge is 0.364 e. The molecule has 0 spiro atoms. The molecular weight excluding hydrogens is 201 g/mol. The molecule has 0 saturated heterocycles. The third kappa shape index (κ3) is 2.48. The monoisotopic (exact) mass is 208 g/mol. The number of rotatable bonds is 3. The average molecular weight is 208 g/mol. The highest BCUT2D eigenvalue weighted by Gasteiger charge is 2.44. The Kier molecular flexibility index (Phi) is 2.78. The normalized spacial score (nSPS) is 13.9. The van der Waals surface area contributed by atoms with Crippen molar-refractivity contribution in [3.05, 3.63) is 34.1 Å². The van der Waals surface area contributed by atoms with Crippen LogP contribution in [0.3, 0.4) is 0 Å². The predicted octanol–water partition coefficient (Wildman–Crippen LogP) is 1.94. The lowest BCUT2D eigenvalue weighted by molar-refractivity contribution is -0.491. The fraction of sp³-hybridized carbons (Fsp3) is 0.429. The molecule has 0 bridgehead atoms. The van der Waals surface area contributed by atoms with Crippen LogP contribution in [0.25, 0.3) is 0 Å². The second-order valence-electron chi connectivity index (χ2n) is 2.73. The second-order valence-corrected chi connectivity index (χ2v) is 2.73. The number of H-pyrrole nitrogens is 1. The Morgan fingerprint density at radius 2 is 2.21 bits per heavy atom. The number of aromatic nitrogens is 1. The molecule has 0 aliphatic carbocycles. The molecular formula is C7H7F3N2O2. The molecule has 1 unspecified atom stereocenters. The zero-order chi connectivity index (χ0) is 10.8. The molecule has 0 aromatic carbocycles. The van der Waals surface area contributed by atoms with Crippen LogP contribution in [0.1, 0.15) is 11.6 Å². The Morgan fingerprint density at radius 1 is 1.57 bits per heavy atom. The molecule has 1 N–H and O–H groups in total. The van der Waals surface area contributed by atoms with E-state index in [9.17, 15) is 23.3 Å². The van der Waals surface area contributed by atoms with E-state index in [1.165, 1.54) is 18.3 Å². The van der Waals surface area contributed by atoms with Crippen molar-refractivity contribution in [3.63, 3.8) is 0 Å². The Bertz CT molecular complexity index is 307. The molecule has 1 heterocycles. The summed E-state index contributed by atoms with van der Waals surface area (Å²) in [6.45, 7) is -1.15. The van der Waals surface area contributed by atoms with Gasteiger partial charge in [0.05, 0.1) is 0 Å². The minimum absolute atomic E-state index is 0.186. The van der Waals surface area contributed by atoms with Crippen LogP contribution in [0.5, 0.6) is 0 Å². The lowest BCUT2D eigenvalue weighted by atomic mass is 10.1. The maximum absolute atomic E-state index is 12.3. The van der Waals surface area contributed by atoms with Crippen molar-refractivity contribution < 1.29 is 18.1 Å². The molecule has 0 fully saturated rings. The van der Waals surface area contributed by atoms with Gasteiger partial charge in [-0.05, 0) is 12.1 Å². The standard InChI is InChI=1S/C7H7F3N2O2/c8-7(9,10)5(4-12(13)14)6-2-1-3-11-6/h1-3,5,11H,4H2. The number of hydrogen-bond donors (Lipinski definition) is 1. The minimum Gasteiger partial charge on any atom is -0.364 e. The lowest BCUT2D eigenvalue weighted by Gasteiger charge is -2.14. The number of nitrogens with one attached hydrogen (secondary N) is 1. The van der Waals surface area contributed by atoms with Crippen molar-refractivity contribution in [2.75, 3.05) is 6.54 Å². The van der Waals surface area contributed by atoms with Gasteiger partial charge in [-0.2, -0.15) is 13.2 Å². The van der Waals surface area contributed by atoms with Crippen molar-refractivity contribution in [2.24, 2.45) is 0 Å². The van der Waals surface area contributed by atoms with Crippen molar-refractivity contribution in [2.45, 2.75) is 12.1 Å². The second kappa shape index (κ2) is 3.69. The van der Waals surface area contributed by atoms with Crippen molar-refractivity contribution >= 4 is 0 Å². The summed E-state index contributed by atoms with van der Waals surface area (Å²) < 4.78 is 37.0. The summed E-state index contributed by atoms with van der Waals surface area (Å²) in [5.74, 6) is -2.06. The first-order valence-corrected chi connectivity index (χ1v) is 3.73. The van der Waals surface area contributed by atoms with Crippen LogP contribution < -0.4 is 0 Å². The predicted molar refractivity (Wildman–Crippen MR) is 41.5 cm³/mol. The molecule has 0 aliphatic rings. The summed E-state index contributed by atoms with van der Waals surface area (Å²) in [5, 5.41) is 10.0. The van der Waals surface area contributed by atoms with Gasteiger partial charge in [0.25, 0.3) is 0 Å². The molecule has 1 aromatic heterocycles. The Morgan fingerprint density at radius 3 is 2.57 bits per heavy atom. The quantitative estimate of drug-likeness (QED) is 0.609. The Labute approximate surface area is 76.9 Å². The summed E-state index contributed by atoms with van der Waals surface area (Å²) in [5.41, 5.74) is -0.186. The Balaban J connectivity index is 2.89. The summed E-state index contributed by atoms with van der Waals surface area (Å²) in [6, 6.07) is 2.55. The van der Waals surface area contributed by atoms with Crippen LogP contribution in [0.15, 0.2) is 18.3 Å². The number of nitrogens with zero attached hydrogens (tertiary/aromatic N) is 1. The van der Waals surface area contributed by atoms with E-state index in [4.69, 9.17) is 0 Å². The van der Waals surface area contributed by atoms with Crippen molar-refractivity contribution in [1.29, 1.82) is 0 Å². The van der Waals surface area contributed by atoms with E-state index < -0.39 is 23.6 Å². The van der Waals surface area contributed by atoms with Crippen molar-refractivity contribution in [1.82, 2.24) is 4.98 Å². The van der Waals surface area contributed by atoms with Gasteiger partial charge < -0.3 is 4.98 Å². The lowest BCUT2D eigenvalue weighted by Crippen LogP contribution is -2.27. The van der Waals surface area contributed by atoms with Gasteiger partial charge >= 0.3 is 6.18 Å². The van der Waals surface area contributed by atoms with E-state index in [0.29, 0.717) is 0 Å². The highest BCUT2D eigenvalue weighted by atomic mass is 19.4. The first kappa shape index (κ1) is 10.6. The molecule has 1 rings (SSSR count). The van der Waals surface area contributed by atoms with E-state index in [0.717, 1.165) is 0 Å². The summed E-state index contributed by atoms with van der Waals surface area (Å²) in [6.07, 6.45) is -3.30. The third-order valence-corrected chi connectivity index (χ3v) is 1.72. The molecule has 1 aromatic rings. The van der Waals surface area contributed by atoms with Gasteiger partial charge in [-0.3, -0.25) is 10.1 Å². The fourth-order valence-electron chi connectivity index (χ4n) is 1.09. The summed E-state index contributed by atoms with van der Waals surface area (Å²) >= 11 is 0. The maximum atomic E-state index is 12.3. The first-order valence-electron chi connectivity index (χ1n) is 3.73. The SMILES string of the molecule is O=[N+]([O-])CC(c1ccc[nH]1)C(F)(F)F. The largest absolute Gasteiger partial charge is 0.403 e. The topological polar surface area (TPSA) is 58.9 Å². The van der Waals surface area contributed by atoms with Crippen LogP contribution in [-0.2, 0) is 0 Å². The van der Waals surface area contributed by atoms with E-state index in [1.54, 1.807) is 0 Å².